The molecule has 3 aromatic rings. The summed E-state index contributed by atoms with van der Waals surface area (Å²) >= 11 is 0. The SMILES string of the molecule is COc1c(CN2O[C@@H](CO)[C@@H]([C@H](C)O)[C@H]2C(=O)N[C@H]2C[C@@H]3C[C@H]([C@@H]2C)C3(C)C)cccc1-c1cc(C(=O)N[C@@H](Cc2ccccc2)CN2CCOCC2)cc(N(C)C)c1. The molecule has 59 heavy (non-hydrogen) atoms. The van der Waals surface area contributed by atoms with Gasteiger partial charge >= 0.3 is 0 Å². The lowest BCUT2D eigenvalue weighted by Crippen LogP contribution is -2.62. The van der Waals surface area contributed by atoms with E-state index >= 15 is 0 Å². The van der Waals surface area contributed by atoms with Crippen LogP contribution in [-0.4, -0.2) is 123 Å². The van der Waals surface area contributed by atoms with Crippen LogP contribution in [0.5, 0.6) is 5.75 Å². The third kappa shape index (κ3) is 9.18. The monoisotopic (exact) mass is 811 g/mol. The van der Waals surface area contributed by atoms with Gasteiger partial charge in [0.1, 0.15) is 17.9 Å². The standard InChI is InChI=1S/C47H65N5O7/c1-29-39-24-35(47(39,3)4)25-40(29)49-46(56)43-42(30(2)54)41(28-53)59-52(43)26-32-14-11-15-38(44(32)57-7)33-21-34(23-37(22-33)50(5)6)45(55)48-36(20-31-12-9-8-10-13-31)27-51-16-18-58-19-17-51/h8-15,21-23,29-30,35-36,39-43,53-54H,16-20,24-28H2,1-7H3,(H,48,55)(H,49,56)/t29-,30-,35-,36-,39+,40-,41-,42+,43-/m0/s1. The van der Waals surface area contributed by atoms with Gasteiger partial charge < -0.3 is 35.2 Å². The topological polar surface area (TPSA) is 136 Å². The van der Waals surface area contributed by atoms with Gasteiger partial charge in [0.05, 0.1) is 39.6 Å². The van der Waals surface area contributed by atoms with Crippen LogP contribution in [0.3, 0.4) is 0 Å². The molecule has 0 spiro atoms. The lowest BCUT2D eigenvalue weighted by atomic mass is 9.45. The minimum atomic E-state index is -0.906. The van der Waals surface area contributed by atoms with E-state index in [4.69, 9.17) is 14.3 Å². The largest absolute Gasteiger partial charge is 0.496 e. The predicted molar refractivity (Wildman–Crippen MR) is 229 cm³/mol. The fraction of sp³-hybridized carbons (Fsp3) is 0.574. The van der Waals surface area contributed by atoms with E-state index in [1.54, 1.807) is 19.1 Å². The number of ether oxygens (including phenoxy) is 2. The number of aliphatic hydroxyl groups excluding tert-OH is 2. The summed E-state index contributed by atoms with van der Waals surface area (Å²) in [5, 5.41) is 29.8. The van der Waals surface area contributed by atoms with E-state index in [1.165, 1.54) is 6.42 Å². The summed E-state index contributed by atoms with van der Waals surface area (Å²) in [5.41, 5.74) is 5.16. The molecular weight excluding hydrogens is 747 g/mol. The highest BCUT2D eigenvalue weighted by molar-refractivity contribution is 5.97. The van der Waals surface area contributed by atoms with Crippen molar-refractivity contribution in [2.45, 2.75) is 83.8 Å². The number of carbonyl (C=O) groups excluding carboxylic acids is 2. The Morgan fingerprint density at radius 1 is 1.03 bits per heavy atom. The summed E-state index contributed by atoms with van der Waals surface area (Å²) in [6.07, 6.45) is 1.16. The van der Waals surface area contributed by atoms with Crippen molar-refractivity contribution in [1.29, 1.82) is 0 Å². The number of anilines is 1. The average Bonchev–Trinajstić information content (AvgIpc) is 3.60. The Balaban J connectivity index is 1.15. The highest BCUT2D eigenvalue weighted by atomic mass is 16.7. The van der Waals surface area contributed by atoms with Gasteiger partial charge in [-0.05, 0) is 78.7 Å². The van der Waals surface area contributed by atoms with Gasteiger partial charge in [-0.15, -0.1) is 0 Å². The molecule has 0 unspecified atom stereocenters. The maximum atomic E-state index is 14.3. The normalized spacial score (nSPS) is 27.6. The molecule has 3 saturated carbocycles. The van der Waals surface area contributed by atoms with Crippen molar-refractivity contribution in [2.24, 2.45) is 29.1 Å². The number of carbonyl (C=O) groups is 2. The minimum Gasteiger partial charge on any atom is -0.496 e. The smallest absolute Gasteiger partial charge is 0.251 e. The fourth-order valence-corrected chi connectivity index (χ4v) is 10.4. The number of morpholine rings is 1. The van der Waals surface area contributed by atoms with Gasteiger partial charge in [0.15, 0.2) is 0 Å². The van der Waals surface area contributed by atoms with Crippen LogP contribution in [0, 0.1) is 29.1 Å². The summed E-state index contributed by atoms with van der Waals surface area (Å²) in [5.74, 6) is 1.02. The molecule has 2 bridgehead atoms. The number of methoxy groups -OCH3 is 1. The Morgan fingerprint density at radius 2 is 1.78 bits per heavy atom. The van der Waals surface area contributed by atoms with E-state index in [1.807, 2.05) is 73.6 Å². The van der Waals surface area contributed by atoms with E-state index in [9.17, 15) is 19.8 Å². The Morgan fingerprint density at radius 3 is 2.42 bits per heavy atom. The molecule has 3 aliphatic carbocycles. The third-order valence-corrected chi connectivity index (χ3v) is 13.9. The first kappa shape index (κ1) is 43.1. The Labute approximate surface area is 350 Å². The lowest BCUT2D eigenvalue weighted by molar-refractivity contribution is -0.183. The second kappa shape index (κ2) is 18.3. The van der Waals surface area contributed by atoms with Gasteiger partial charge in [0.25, 0.3) is 5.91 Å². The molecule has 2 heterocycles. The number of fused-ring (bicyclic) bond motifs is 2. The van der Waals surface area contributed by atoms with Crippen LogP contribution in [0.15, 0.2) is 66.7 Å². The number of nitrogens with one attached hydrogen (secondary N) is 2. The van der Waals surface area contributed by atoms with Crippen molar-refractivity contribution in [1.82, 2.24) is 20.6 Å². The van der Waals surface area contributed by atoms with Gasteiger partial charge in [-0.2, -0.15) is 5.06 Å². The summed E-state index contributed by atoms with van der Waals surface area (Å²) in [6.45, 7) is 12.1. The van der Waals surface area contributed by atoms with Crippen molar-refractivity contribution in [3.05, 3.63) is 83.4 Å². The van der Waals surface area contributed by atoms with Crippen LogP contribution in [0.1, 0.15) is 62.0 Å². The molecule has 5 aliphatic rings. The number of hydrogen-bond acceptors (Lipinski definition) is 10. The molecular formula is C47H65N5O7. The van der Waals surface area contributed by atoms with Crippen LogP contribution in [0.25, 0.3) is 11.1 Å². The van der Waals surface area contributed by atoms with Crippen molar-refractivity contribution < 1.29 is 34.1 Å². The second-order valence-corrected chi connectivity index (χ2v) is 18.2. The van der Waals surface area contributed by atoms with Crippen LogP contribution in [-0.2, 0) is 27.3 Å². The van der Waals surface area contributed by atoms with Gasteiger partial charge in [-0.3, -0.25) is 19.3 Å². The molecule has 0 radical (unpaired) electrons. The van der Waals surface area contributed by atoms with Crippen LogP contribution in [0.4, 0.5) is 5.69 Å². The summed E-state index contributed by atoms with van der Waals surface area (Å²) in [6, 6.07) is 21.0. The zero-order valence-electron chi connectivity index (χ0n) is 35.9. The number of hydroxylamine groups is 2. The first-order valence-electron chi connectivity index (χ1n) is 21.4. The zero-order valence-corrected chi connectivity index (χ0v) is 35.9. The summed E-state index contributed by atoms with van der Waals surface area (Å²) in [4.78, 5) is 39.2. The maximum Gasteiger partial charge on any atom is 0.251 e. The van der Waals surface area contributed by atoms with E-state index in [0.29, 0.717) is 55.2 Å². The number of aliphatic hydroxyl groups is 2. The number of para-hydroxylation sites is 1. The molecule has 4 N–H and O–H groups in total. The van der Waals surface area contributed by atoms with Crippen LogP contribution in [0.2, 0.25) is 0 Å². The lowest BCUT2D eigenvalue weighted by Gasteiger charge is -2.62. The molecule has 0 aromatic heterocycles. The second-order valence-electron chi connectivity index (χ2n) is 18.2. The first-order valence-corrected chi connectivity index (χ1v) is 21.4. The van der Waals surface area contributed by atoms with Crippen molar-refractivity contribution in [3.63, 3.8) is 0 Å². The Hall–Kier alpha value is -4.04. The average molecular weight is 812 g/mol. The molecule has 3 aromatic carbocycles. The van der Waals surface area contributed by atoms with E-state index < -0.39 is 24.2 Å². The van der Waals surface area contributed by atoms with E-state index in [0.717, 1.165) is 47.5 Å². The molecule has 5 fully saturated rings. The van der Waals surface area contributed by atoms with Crippen LogP contribution < -0.4 is 20.3 Å². The molecule has 8 rings (SSSR count). The predicted octanol–water partition coefficient (Wildman–Crippen LogP) is 4.76. The van der Waals surface area contributed by atoms with Crippen molar-refractivity contribution in [3.8, 4) is 16.9 Å². The van der Waals surface area contributed by atoms with E-state index in [2.05, 4.69) is 48.4 Å². The summed E-state index contributed by atoms with van der Waals surface area (Å²) in [7, 11) is 5.53. The van der Waals surface area contributed by atoms with Gasteiger partial charge in [-0.25, -0.2) is 0 Å². The van der Waals surface area contributed by atoms with E-state index in [-0.39, 0.29) is 42.5 Å². The zero-order chi connectivity index (χ0) is 42.0. The molecule has 2 amide bonds. The Bertz CT molecular complexity index is 1920. The molecule has 9 atom stereocenters. The minimum absolute atomic E-state index is 0.0326. The Kier molecular flexibility index (Phi) is 13.4. The van der Waals surface area contributed by atoms with Gasteiger partial charge in [0.2, 0.25) is 5.91 Å². The van der Waals surface area contributed by atoms with Crippen molar-refractivity contribution in [2.75, 3.05) is 65.6 Å². The molecule has 2 saturated heterocycles. The first-order chi connectivity index (χ1) is 28.3. The number of amides is 2. The van der Waals surface area contributed by atoms with Gasteiger partial charge in [-0.1, -0.05) is 69.3 Å². The van der Waals surface area contributed by atoms with Gasteiger partial charge in [0, 0.05) is 74.1 Å². The molecule has 320 valence electrons. The number of benzene rings is 3. The highest BCUT2D eigenvalue weighted by Gasteiger charge is 2.57. The van der Waals surface area contributed by atoms with Crippen molar-refractivity contribution >= 4 is 17.5 Å². The maximum absolute atomic E-state index is 14.3. The fourth-order valence-electron chi connectivity index (χ4n) is 10.4. The number of nitrogens with zero attached hydrogens (tertiary/aromatic N) is 3. The third-order valence-electron chi connectivity index (χ3n) is 13.9. The van der Waals surface area contributed by atoms with Crippen LogP contribution >= 0.6 is 0 Å². The highest BCUT2D eigenvalue weighted by Crippen LogP contribution is 2.61. The number of rotatable bonds is 15. The number of hydrogen-bond donors (Lipinski definition) is 4. The molecule has 12 heteroatoms. The molecule has 2 aliphatic heterocycles. The molecule has 12 nitrogen and oxygen atoms in total. The summed E-state index contributed by atoms with van der Waals surface area (Å²) < 4.78 is 11.7. The quantitative estimate of drug-likeness (QED) is 0.170.